The first-order valence-electron chi connectivity index (χ1n) is 8.35. The molecule has 0 atom stereocenters. The van der Waals surface area contributed by atoms with Gasteiger partial charge in [-0.3, -0.25) is 9.52 Å². The van der Waals surface area contributed by atoms with Crippen LogP contribution in [0.5, 0.6) is 0 Å². The SMILES string of the molecule is O=C(/C=C/c1ccccc1)Nc1ccc(S(=O)(=O)Nc2ccccc2F)cc1. The summed E-state index contributed by atoms with van der Waals surface area (Å²) in [5.41, 5.74) is 1.19. The zero-order chi connectivity index (χ0) is 20.0. The van der Waals surface area contributed by atoms with Crippen molar-refractivity contribution in [1.82, 2.24) is 0 Å². The van der Waals surface area contributed by atoms with E-state index in [0.29, 0.717) is 5.69 Å². The number of benzene rings is 3. The van der Waals surface area contributed by atoms with E-state index in [1.165, 1.54) is 54.6 Å². The molecule has 142 valence electrons. The fraction of sp³-hybridized carbons (Fsp3) is 0. The number of amides is 1. The number of halogens is 1. The second-order valence-corrected chi connectivity index (χ2v) is 7.53. The molecule has 0 aliphatic carbocycles. The molecule has 1 amide bonds. The van der Waals surface area contributed by atoms with E-state index in [-0.39, 0.29) is 16.5 Å². The van der Waals surface area contributed by atoms with Gasteiger partial charge in [-0.2, -0.15) is 0 Å². The van der Waals surface area contributed by atoms with E-state index < -0.39 is 15.8 Å². The summed E-state index contributed by atoms with van der Waals surface area (Å²) in [6, 6.07) is 20.4. The lowest BCUT2D eigenvalue weighted by molar-refractivity contribution is -0.111. The van der Waals surface area contributed by atoms with Gasteiger partial charge in [0.25, 0.3) is 10.0 Å². The van der Waals surface area contributed by atoms with Crippen LogP contribution in [0.1, 0.15) is 5.56 Å². The van der Waals surface area contributed by atoms with Crippen LogP contribution in [0.2, 0.25) is 0 Å². The summed E-state index contributed by atoms with van der Waals surface area (Å²) in [5, 5.41) is 2.65. The van der Waals surface area contributed by atoms with E-state index in [4.69, 9.17) is 0 Å². The predicted molar refractivity (Wildman–Crippen MR) is 108 cm³/mol. The molecule has 2 N–H and O–H groups in total. The number of sulfonamides is 1. The minimum absolute atomic E-state index is 0.0476. The number of nitrogens with one attached hydrogen (secondary N) is 2. The minimum atomic E-state index is -3.94. The molecule has 0 heterocycles. The Morgan fingerprint density at radius 1 is 0.857 bits per heavy atom. The number of hydrogen-bond donors (Lipinski definition) is 2. The van der Waals surface area contributed by atoms with Crippen LogP contribution in [-0.2, 0) is 14.8 Å². The Balaban J connectivity index is 1.66. The lowest BCUT2D eigenvalue weighted by Gasteiger charge is -2.09. The van der Waals surface area contributed by atoms with Crippen LogP contribution in [0.15, 0.2) is 89.8 Å². The number of rotatable bonds is 6. The van der Waals surface area contributed by atoms with Crippen molar-refractivity contribution < 1.29 is 17.6 Å². The van der Waals surface area contributed by atoms with Crippen molar-refractivity contribution in [2.24, 2.45) is 0 Å². The first kappa shape index (κ1) is 19.3. The van der Waals surface area contributed by atoms with Gasteiger partial charge in [0, 0.05) is 11.8 Å². The fourth-order valence-electron chi connectivity index (χ4n) is 2.39. The maximum absolute atomic E-state index is 13.7. The molecule has 0 bridgehead atoms. The van der Waals surface area contributed by atoms with Crippen molar-refractivity contribution in [3.63, 3.8) is 0 Å². The average Bonchev–Trinajstić information content (AvgIpc) is 2.69. The standard InChI is InChI=1S/C21H17FN2O3S/c22-19-8-4-5-9-20(19)24-28(26,27)18-13-11-17(12-14-18)23-21(25)15-10-16-6-2-1-3-7-16/h1-15,24H,(H,23,25)/b15-10+. The molecular formula is C21H17FN2O3S. The monoisotopic (exact) mass is 396 g/mol. The summed E-state index contributed by atoms with van der Waals surface area (Å²) in [4.78, 5) is 11.9. The quantitative estimate of drug-likeness (QED) is 0.611. The Bertz CT molecular complexity index is 1100. The Morgan fingerprint density at radius 2 is 1.50 bits per heavy atom. The molecule has 3 rings (SSSR count). The molecule has 3 aromatic carbocycles. The molecule has 0 unspecified atom stereocenters. The zero-order valence-corrected chi connectivity index (χ0v) is 15.5. The second kappa shape index (κ2) is 8.49. The highest BCUT2D eigenvalue weighted by Crippen LogP contribution is 2.20. The van der Waals surface area contributed by atoms with Gasteiger partial charge in [-0.15, -0.1) is 0 Å². The van der Waals surface area contributed by atoms with Gasteiger partial charge in [0.05, 0.1) is 10.6 Å². The maximum Gasteiger partial charge on any atom is 0.261 e. The molecule has 0 radical (unpaired) electrons. The van der Waals surface area contributed by atoms with Crippen molar-refractivity contribution in [3.05, 3.63) is 96.3 Å². The predicted octanol–water partition coefficient (Wildman–Crippen LogP) is 4.28. The molecule has 0 saturated carbocycles. The number of carbonyl (C=O) groups excluding carboxylic acids is 1. The third-order valence-corrected chi connectivity index (χ3v) is 5.16. The Hall–Kier alpha value is -3.45. The molecular weight excluding hydrogens is 379 g/mol. The maximum atomic E-state index is 13.7. The highest BCUT2D eigenvalue weighted by molar-refractivity contribution is 7.92. The number of hydrogen-bond acceptors (Lipinski definition) is 3. The summed E-state index contributed by atoms with van der Waals surface area (Å²) in [5.74, 6) is -1.01. The smallest absolute Gasteiger partial charge is 0.261 e. The van der Waals surface area contributed by atoms with Gasteiger partial charge in [-0.1, -0.05) is 42.5 Å². The van der Waals surface area contributed by atoms with Gasteiger partial charge in [0.15, 0.2) is 0 Å². The van der Waals surface area contributed by atoms with Crippen LogP contribution < -0.4 is 10.0 Å². The summed E-state index contributed by atoms with van der Waals surface area (Å²) < 4.78 is 40.6. The molecule has 0 fully saturated rings. The minimum Gasteiger partial charge on any atom is -0.323 e. The summed E-state index contributed by atoms with van der Waals surface area (Å²) >= 11 is 0. The van der Waals surface area contributed by atoms with Gasteiger partial charge >= 0.3 is 0 Å². The van der Waals surface area contributed by atoms with Crippen LogP contribution >= 0.6 is 0 Å². The van der Waals surface area contributed by atoms with Crippen molar-refractivity contribution in [2.75, 3.05) is 10.0 Å². The van der Waals surface area contributed by atoms with E-state index in [0.717, 1.165) is 5.56 Å². The van der Waals surface area contributed by atoms with Crippen LogP contribution in [0.4, 0.5) is 15.8 Å². The van der Waals surface area contributed by atoms with E-state index in [9.17, 15) is 17.6 Å². The van der Waals surface area contributed by atoms with Crippen LogP contribution in [0, 0.1) is 5.82 Å². The molecule has 3 aromatic rings. The van der Waals surface area contributed by atoms with Crippen LogP contribution in [0.25, 0.3) is 6.08 Å². The highest BCUT2D eigenvalue weighted by atomic mass is 32.2. The molecule has 5 nitrogen and oxygen atoms in total. The van der Waals surface area contributed by atoms with Crippen molar-refractivity contribution in [3.8, 4) is 0 Å². The van der Waals surface area contributed by atoms with Crippen LogP contribution in [-0.4, -0.2) is 14.3 Å². The van der Waals surface area contributed by atoms with Gasteiger partial charge in [-0.25, -0.2) is 12.8 Å². The number of anilines is 2. The zero-order valence-electron chi connectivity index (χ0n) is 14.7. The number of carbonyl (C=O) groups is 1. The first-order chi connectivity index (χ1) is 13.4. The highest BCUT2D eigenvalue weighted by Gasteiger charge is 2.16. The molecule has 7 heteroatoms. The van der Waals surface area contributed by atoms with Gasteiger partial charge in [0.2, 0.25) is 5.91 Å². The summed E-state index contributed by atoms with van der Waals surface area (Å²) in [7, 11) is -3.94. The largest absolute Gasteiger partial charge is 0.323 e. The molecule has 0 aromatic heterocycles. The molecule has 0 saturated heterocycles. The van der Waals surface area contributed by atoms with E-state index in [1.54, 1.807) is 6.08 Å². The third kappa shape index (κ3) is 5.05. The molecule has 0 aliphatic heterocycles. The molecule has 0 spiro atoms. The molecule has 28 heavy (non-hydrogen) atoms. The fourth-order valence-corrected chi connectivity index (χ4v) is 3.45. The normalized spacial score (nSPS) is 11.3. The Labute approximate surface area is 162 Å². The summed E-state index contributed by atoms with van der Waals surface area (Å²) in [6.45, 7) is 0. The lowest BCUT2D eigenvalue weighted by Crippen LogP contribution is -2.14. The second-order valence-electron chi connectivity index (χ2n) is 5.84. The Kier molecular flexibility index (Phi) is 5.86. The topological polar surface area (TPSA) is 75.3 Å². The Morgan fingerprint density at radius 3 is 2.18 bits per heavy atom. The van der Waals surface area contributed by atoms with E-state index in [1.807, 2.05) is 30.3 Å². The summed E-state index contributed by atoms with van der Waals surface area (Å²) in [6.07, 6.45) is 3.06. The van der Waals surface area contributed by atoms with E-state index >= 15 is 0 Å². The average molecular weight is 396 g/mol. The van der Waals surface area contributed by atoms with Gasteiger partial charge in [-0.05, 0) is 48.0 Å². The van der Waals surface area contributed by atoms with Crippen molar-refractivity contribution in [2.45, 2.75) is 4.90 Å². The van der Waals surface area contributed by atoms with Crippen LogP contribution in [0.3, 0.4) is 0 Å². The first-order valence-corrected chi connectivity index (χ1v) is 9.84. The van der Waals surface area contributed by atoms with Crippen molar-refractivity contribution >= 4 is 33.4 Å². The van der Waals surface area contributed by atoms with Gasteiger partial charge < -0.3 is 5.32 Å². The van der Waals surface area contributed by atoms with E-state index in [2.05, 4.69) is 10.0 Å². The molecule has 0 aliphatic rings. The third-order valence-electron chi connectivity index (χ3n) is 3.78. The lowest BCUT2D eigenvalue weighted by atomic mass is 10.2. The number of para-hydroxylation sites is 1. The van der Waals surface area contributed by atoms with Gasteiger partial charge in [0.1, 0.15) is 5.82 Å². The van der Waals surface area contributed by atoms with Crippen molar-refractivity contribution in [1.29, 1.82) is 0 Å².